The first-order valence-corrected chi connectivity index (χ1v) is 7.42. The Morgan fingerprint density at radius 3 is 2.67 bits per heavy atom. The Hall–Kier alpha value is -0.550. The van der Waals surface area contributed by atoms with Crippen molar-refractivity contribution in [2.24, 2.45) is 0 Å². The molecule has 1 aromatic heterocycles. The lowest BCUT2D eigenvalue weighted by molar-refractivity contribution is 0.103. The molecule has 0 bridgehead atoms. The van der Waals surface area contributed by atoms with Gasteiger partial charge in [0.15, 0.2) is 0 Å². The lowest BCUT2D eigenvalue weighted by Gasteiger charge is -2.09. The second-order valence-corrected chi connectivity index (χ2v) is 6.22. The zero-order valence-corrected chi connectivity index (χ0v) is 13.2. The van der Waals surface area contributed by atoms with Crippen molar-refractivity contribution in [3.05, 3.63) is 48.5 Å². The van der Waals surface area contributed by atoms with E-state index in [2.05, 4.69) is 21.2 Å². The Labute approximate surface area is 127 Å². The zero-order valence-electron chi connectivity index (χ0n) is 9.26. The maximum Gasteiger partial charge on any atom is 0.267 e. The van der Waals surface area contributed by atoms with Crippen molar-refractivity contribution in [1.82, 2.24) is 0 Å². The van der Waals surface area contributed by atoms with Crippen LogP contribution in [0.2, 0.25) is 10.0 Å². The summed E-state index contributed by atoms with van der Waals surface area (Å²) >= 11 is 16.6. The molecule has 0 unspecified atom stereocenters. The molecule has 0 aliphatic rings. The number of hydrogen-bond acceptors (Lipinski definition) is 2. The van der Waals surface area contributed by atoms with E-state index in [0.717, 1.165) is 10.0 Å². The topological polar surface area (TPSA) is 29.1 Å². The number of halogens is 3. The average molecular weight is 365 g/mol. The van der Waals surface area contributed by atoms with Crippen molar-refractivity contribution in [3.8, 4) is 0 Å². The SMILES string of the molecule is Cc1cc(Br)c(NC(=O)c2sccc2Cl)cc1Cl. The molecule has 18 heavy (non-hydrogen) atoms. The third kappa shape index (κ3) is 2.88. The Kier molecular flexibility index (Phi) is 4.33. The van der Waals surface area contributed by atoms with E-state index in [-0.39, 0.29) is 5.91 Å². The molecule has 0 saturated heterocycles. The maximum atomic E-state index is 12.0. The van der Waals surface area contributed by atoms with Gasteiger partial charge in [-0.2, -0.15) is 0 Å². The molecular weight excluding hydrogens is 357 g/mol. The number of hydrogen-bond donors (Lipinski definition) is 1. The zero-order chi connectivity index (χ0) is 13.3. The molecule has 1 N–H and O–H groups in total. The molecule has 1 aromatic carbocycles. The van der Waals surface area contributed by atoms with Crippen LogP contribution in [0.3, 0.4) is 0 Å². The van der Waals surface area contributed by atoms with Crippen LogP contribution in [0.1, 0.15) is 15.2 Å². The van der Waals surface area contributed by atoms with Crippen LogP contribution >= 0.6 is 50.5 Å². The minimum Gasteiger partial charge on any atom is -0.320 e. The molecule has 0 spiro atoms. The number of aryl methyl sites for hydroxylation is 1. The van der Waals surface area contributed by atoms with E-state index in [1.165, 1.54) is 11.3 Å². The number of nitrogens with one attached hydrogen (secondary N) is 1. The van der Waals surface area contributed by atoms with Crippen LogP contribution < -0.4 is 5.32 Å². The predicted octanol–water partition coefficient (Wildman–Crippen LogP) is 5.38. The Morgan fingerprint density at radius 1 is 1.33 bits per heavy atom. The van der Waals surface area contributed by atoms with E-state index in [4.69, 9.17) is 23.2 Å². The molecule has 2 aromatic rings. The van der Waals surface area contributed by atoms with Crippen molar-refractivity contribution < 1.29 is 4.79 Å². The first-order valence-electron chi connectivity index (χ1n) is 4.99. The molecule has 1 amide bonds. The molecule has 0 saturated carbocycles. The molecule has 2 rings (SSSR count). The second-order valence-electron chi connectivity index (χ2n) is 3.63. The van der Waals surface area contributed by atoms with Gasteiger partial charge in [-0.3, -0.25) is 4.79 Å². The molecule has 94 valence electrons. The van der Waals surface area contributed by atoms with Gasteiger partial charge >= 0.3 is 0 Å². The summed E-state index contributed by atoms with van der Waals surface area (Å²) in [4.78, 5) is 12.5. The van der Waals surface area contributed by atoms with Gasteiger partial charge in [-0.25, -0.2) is 0 Å². The van der Waals surface area contributed by atoms with Crippen molar-refractivity contribution in [1.29, 1.82) is 0 Å². The highest BCUT2D eigenvalue weighted by Gasteiger charge is 2.14. The molecule has 0 aliphatic heterocycles. The van der Waals surface area contributed by atoms with Crippen LogP contribution in [0.4, 0.5) is 5.69 Å². The Bertz CT molecular complexity index is 612. The maximum absolute atomic E-state index is 12.0. The number of anilines is 1. The van der Waals surface area contributed by atoms with Gasteiger partial charge in [-0.15, -0.1) is 11.3 Å². The number of carbonyl (C=O) groups is 1. The van der Waals surface area contributed by atoms with Gasteiger partial charge in [-0.1, -0.05) is 23.2 Å². The van der Waals surface area contributed by atoms with Crippen LogP contribution in [0.5, 0.6) is 0 Å². The molecule has 0 aliphatic carbocycles. The fourth-order valence-electron chi connectivity index (χ4n) is 1.38. The van der Waals surface area contributed by atoms with Crippen LogP contribution in [-0.2, 0) is 0 Å². The third-order valence-electron chi connectivity index (χ3n) is 2.32. The fourth-order valence-corrected chi connectivity index (χ4v) is 3.13. The first-order chi connectivity index (χ1) is 8.49. The quantitative estimate of drug-likeness (QED) is 0.761. The van der Waals surface area contributed by atoms with Gasteiger partial charge in [0, 0.05) is 9.50 Å². The van der Waals surface area contributed by atoms with Gasteiger partial charge in [0.2, 0.25) is 0 Å². The summed E-state index contributed by atoms with van der Waals surface area (Å²) in [6, 6.07) is 5.26. The lowest BCUT2D eigenvalue weighted by Crippen LogP contribution is -2.11. The summed E-state index contributed by atoms with van der Waals surface area (Å²) in [6.45, 7) is 1.90. The summed E-state index contributed by atoms with van der Waals surface area (Å²) in [6.07, 6.45) is 0. The van der Waals surface area contributed by atoms with Crippen LogP contribution in [-0.4, -0.2) is 5.91 Å². The number of thiophene rings is 1. The summed E-state index contributed by atoms with van der Waals surface area (Å²) in [5, 5.41) is 5.60. The largest absolute Gasteiger partial charge is 0.320 e. The average Bonchev–Trinajstić information content (AvgIpc) is 2.72. The standard InChI is InChI=1S/C12H8BrCl2NOS/c1-6-4-7(13)10(5-9(6)15)16-12(17)11-8(14)2-3-18-11/h2-5H,1H3,(H,16,17). The Morgan fingerprint density at radius 2 is 2.06 bits per heavy atom. The van der Waals surface area contributed by atoms with Gasteiger partial charge in [-0.05, 0) is 52.0 Å². The minimum atomic E-state index is -0.240. The van der Waals surface area contributed by atoms with Gasteiger partial charge in [0.05, 0.1) is 10.7 Å². The number of benzene rings is 1. The smallest absolute Gasteiger partial charge is 0.267 e. The van der Waals surface area contributed by atoms with Crippen molar-refractivity contribution in [2.45, 2.75) is 6.92 Å². The molecule has 0 radical (unpaired) electrons. The molecule has 0 atom stereocenters. The lowest BCUT2D eigenvalue weighted by atomic mass is 10.2. The number of carbonyl (C=O) groups excluding carboxylic acids is 1. The van der Waals surface area contributed by atoms with Crippen molar-refractivity contribution >= 4 is 62.1 Å². The van der Waals surface area contributed by atoms with E-state index in [9.17, 15) is 4.79 Å². The van der Waals surface area contributed by atoms with E-state index in [1.54, 1.807) is 17.5 Å². The van der Waals surface area contributed by atoms with Crippen molar-refractivity contribution in [2.75, 3.05) is 5.32 Å². The van der Waals surface area contributed by atoms with Crippen LogP contribution in [0.15, 0.2) is 28.1 Å². The molecule has 2 nitrogen and oxygen atoms in total. The number of amides is 1. The highest BCUT2D eigenvalue weighted by atomic mass is 79.9. The first kappa shape index (κ1) is 13.9. The summed E-state index contributed by atoms with van der Waals surface area (Å²) in [7, 11) is 0. The Balaban J connectivity index is 2.28. The summed E-state index contributed by atoms with van der Waals surface area (Å²) in [5.74, 6) is -0.240. The van der Waals surface area contributed by atoms with Gasteiger partial charge < -0.3 is 5.32 Å². The van der Waals surface area contributed by atoms with E-state index in [0.29, 0.717) is 20.6 Å². The van der Waals surface area contributed by atoms with E-state index in [1.807, 2.05) is 13.0 Å². The predicted molar refractivity (Wildman–Crippen MR) is 81.2 cm³/mol. The van der Waals surface area contributed by atoms with Crippen LogP contribution in [0, 0.1) is 6.92 Å². The highest BCUT2D eigenvalue weighted by Crippen LogP contribution is 2.30. The second kappa shape index (κ2) is 5.61. The fraction of sp³-hybridized carbons (Fsp3) is 0.0833. The van der Waals surface area contributed by atoms with Crippen molar-refractivity contribution in [3.63, 3.8) is 0 Å². The molecular formula is C12H8BrCl2NOS. The monoisotopic (exact) mass is 363 g/mol. The molecule has 1 heterocycles. The van der Waals surface area contributed by atoms with E-state index < -0.39 is 0 Å². The van der Waals surface area contributed by atoms with Crippen LogP contribution in [0.25, 0.3) is 0 Å². The normalized spacial score (nSPS) is 10.4. The summed E-state index contributed by atoms with van der Waals surface area (Å²) in [5.41, 5.74) is 1.57. The number of rotatable bonds is 2. The van der Waals surface area contributed by atoms with Gasteiger partial charge in [0.1, 0.15) is 4.88 Å². The highest BCUT2D eigenvalue weighted by molar-refractivity contribution is 9.10. The third-order valence-corrected chi connectivity index (χ3v) is 4.72. The summed E-state index contributed by atoms with van der Waals surface area (Å²) < 4.78 is 0.783. The minimum absolute atomic E-state index is 0.240. The van der Waals surface area contributed by atoms with E-state index >= 15 is 0 Å². The molecule has 0 fully saturated rings. The molecule has 6 heteroatoms. The van der Waals surface area contributed by atoms with Gasteiger partial charge in [0.25, 0.3) is 5.91 Å².